The number of likely N-dealkylation sites (tertiary alicyclic amines) is 1. The molecular formula is C28H23N7O2. The number of fused-ring (bicyclic) bond motifs is 1. The van der Waals surface area contributed by atoms with Crippen LogP contribution in [0.25, 0.3) is 16.7 Å². The summed E-state index contributed by atoms with van der Waals surface area (Å²) in [6, 6.07) is 26.2. The molecule has 0 aliphatic carbocycles. The number of amides is 1. The third-order valence-corrected chi connectivity index (χ3v) is 6.50. The predicted octanol–water partition coefficient (Wildman–Crippen LogP) is 4.57. The molecule has 1 aliphatic rings. The lowest BCUT2D eigenvalue weighted by Crippen LogP contribution is -2.33. The highest BCUT2D eigenvalue weighted by Crippen LogP contribution is 2.33. The van der Waals surface area contributed by atoms with Crippen LogP contribution in [0.5, 0.6) is 5.75 Å². The largest absolute Gasteiger partial charge is 0.486 e. The summed E-state index contributed by atoms with van der Waals surface area (Å²) < 4.78 is 7.67. The highest BCUT2D eigenvalue weighted by Gasteiger charge is 2.35. The third kappa shape index (κ3) is 4.29. The van der Waals surface area contributed by atoms with Gasteiger partial charge in [0.15, 0.2) is 5.82 Å². The number of nitrogens with one attached hydrogen (secondary N) is 1. The molecule has 1 atom stereocenters. The number of hydrogen-bond acceptors (Lipinski definition) is 6. The number of imidazole rings is 1. The van der Waals surface area contributed by atoms with Crippen LogP contribution in [0.15, 0.2) is 78.9 Å². The minimum absolute atomic E-state index is 0.0804. The molecule has 1 N–H and O–H groups in total. The Bertz CT molecular complexity index is 1580. The summed E-state index contributed by atoms with van der Waals surface area (Å²) in [6.45, 7) is 0.687. The van der Waals surface area contributed by atoms with Gasteiger partial charge in [-0.1, -0.05) is 36.4 Å². The maximum atomic E-state index is 13.9. The molecular weight excluding hydrogens is 466 g/mol. The van der Waals surface area contributed by atoms with Gasteiger partial charge in [0.05, 0.1) is 28.7 Å². The second-order valence-electron chi connectivity index (χ2n) is 8.83. The summed E-state index contributed by atoms with van der Waals surface area (Å²) in [5, 5.41) is 17.8. The SMILES string of the molecule is N#Cc1cccc(OCc2nnc(C(=O)N3CCC[C@@H]3c3nc4ccccc4[nH]3)n2-c2ccccc2)c1. The van der Waals surface area contributed by atoms with E-state index in [0.29, 0.717) is 23.7 Å². The van der Waals surface area contributed by atoms with Crippen LogP contribution in [-0.4, -0.2) is 42.1 Å². The molecule has 182 valence electrons. The maximum absolute atomic E-state index is 13.9. The van der Waals surface area contributed by atoms with Crippen molar-refractivity contribution in [1.82, 2.24) is 29.6 Å². The molecule has 3 heterocycles. The number of carbonyl (C=O) groups excluding carboxylic acids is 1. The molecule has 1 aliphatic heterocycles. The fourth-order valence-corrected chi connectivity index (χ4v) is 4.75. The molecule has 5 aromatic rings. The molecule has 0 unspecified atom stereocenters. The highest BCUT2D eigenvalue weighted by atomic mass is 16.5. The van der Waals surface area contributed by atoms with Gasteiger partial charge in [0.25, 0.3) is 5.91 Å². The quantitative estimate of drug-likeness (QED) is 0.374. The second kappa shape index (κ2) is 9.59. The van der Waals surface area contributed by atoms with Crippen molar-refractivity contribution in [3.63, 3.8) is 0 Å². The number of rotatable bonds is 6. The zero-order chi connectivity index (χ0) is 25.2. The summed E-state index contributed by atoms with van der Waals surface area (Å²) >= 11 is 0. The van der Waals surface area contributed by atoms with Crippen molar-refractivity contribution in [3.8, 4) is 17.5 Å². The van der Waals surface area contributed by atoms with E-state index in [1.807, 2.05) is 59.5 Å². The van der Waals surface area contributed by atoms with Gasteiger partial charge in [-0.3, -0.25) is 9.36 Å². The van der Waals surface area contributed by atoms with Gasteiger partial charge in [-0.25, -0.2) is 4.98 Å². The van der Waals surface area contributed by atoms with E-state index in [1.54, 1.807) is 28.8 Å². The number of carbonyl (C=O) groups is 1. The highest BCUT2D eigenvalue weighted by molar-refractivity contribution is 5.92. The number of aromatic nitrogens is 5. The molecule has 3 aromatic carbocycles. The van der Waals surface area contributed by atoms with Crippen molar-refractivity contribution >= 4 is 16.9 Å². The summed E-state index contributed by atoms with van der Waals surface area (Å²) in [5.41, 5.74) is 3.09. The Morgan fingerprint density at radius 2 is 1.89 bits per heavy atom. The van der Waals surface area contributed by atoms with Crippen molar-refractivity contribution < 1.29 is 9.53 Å². The lowest BCUT2D eigenvalue weighted by atomic mass is 10.2. The Hall–Kier alpha value is -4.97. The summed E-state index contributed by atoms with van der Waals surface area (Å²) in [7, 11) is 0. The summed E-state index contributed by atoms with van der Waals surface area (Å²) in [6.07, 6.45) is 1.69. The van der Waals surface area contributed by atoms with Crippen LogP contribution >= 0.6 is 0 Å². The van der Waals surface area contributed by atoms with Gasteiger partial charge in [-0.2, -0.15) is 5.26 Å². The number of nitriles is 1. The smallest absolute Gasteiger partial charge is 0.292 e. The summed E-state index contributed by atoms with van der Waals surface area (Å²) in [5.74, 6) is 1.81. The van der Waals surface area contributed by atoms with Gasteiger partial charge in [0, 0.05) is 12.2 Å². The molecule has 0 spiro atoms. The van der Waals surface area contributed by atoms with Crippen LogP contribution in [0.2, 0.25) is 0 Å². The fraction of sp³-hybridized carbons (Fsp3) is 0.179. The summed E-state index contributed by atoms with van der Waals surface area (Å²) in [4.78, 5) is 23.8. The van der Waals surface area contributed by atoms with Crippen LogP contribution in [0.4, 0.5) is 0 Å². The third-order valence-electron chi connectivity index (χ3n) is 6.50. The van der Waals surface area contributed by atoms with Crippen molar-refractivity contribution in [3.05, 3.63) is 102 Å². The number of nitrogens with zero attached hydrogens (tertiary/aromatic N) is 6. The zero-order valence-electron chi connectivity index (χ0n) is 19.9. The molecule has 9 heteroatoms. The van der Waals surface area contributed by atoms with Crippen LogP contribution in [0.3, 0.4) is 0 Å². The molecule has 1 fully saturated rings. The first-order chi connectivity index (χ1) is 18.2. The van der Waals surface area contributed by atoms with Crippen LogP contribution in [0, 0.1) is 11.3 Å². The van der Waals surface area contributed by atoms with E-state index < -0.39 is 0 Å². The molecule has 0 radical (unpaired) electrons. The Morgan fingerprint density at radius 3 is 2.73 bits per heavy atom. The molecule has 0 saturated carbocycles. The van der Waals surface area contributed by atoms with Crippen molar-refractivity contribution in [1.29, 1.82) is 5.26 Å². The van der Waals surface area contributed by atoms with Gasteiger partial charge in [0.2, 0.25) is 5.82 Å². The maximum Gasteiger partial charge on any atom is 0.292 e. The number of hydrogen-bond donors (Lipinski definition) is 1. The Morgan fingerprint density at radius 1 is 1.05 bits per heavy atom. The van der Waals surface area contributed by atoms with Crippen molar-refractivity contribution in [2.24, 2.45) is 0 Å². The van der Waals surface area contributed by atoms with E-state index in [1.165, 1.54) is 0 Å². The zero-order valence-corrected chi connectivity index (χ0v) is 19.9. The van der Waals surface area contributed by atoms with Gasteiger partial charge in [-0.15, -0.1) is 10.2 Å². The first kappa shape index (κ1) is 22.5. The molecule has 37 heavy (non-hydrogen) atoms. The minimum Gasteiger partial charge on any atom is -0.486 e. The van der Waals surface area contributed by atoms with E-state index in [-0.39, 0.29) is 24.4 Å². The molecule has 0 bridgehead atoms. The topological polar surface area (TPSA) is 113 Å². The second-order valence-corrected chi connectivity index (χ2v) is 8.83. The van der Waals surface area contributed by atoms with Gasteiger partial charge >= 0.3 is 0 Å². The normalized spacial score (nSPS) is 15.1. The van der Waals surface area contributed by atoms with Crippen molar-refractivity contribution in [2.75, 3.05) is 6.54 Å². The standard InChI is InChI=1S/C28H23N7O2/c29-17-19-8-6-11-21(16-19)37-18-25-32-33-27(35(25)20-9-2-1-3-10-20)28(36)34-15-7-14-24(34)26-30-22-12-4-5-13-23(22)31-26/h1-6,8-13,16,24H,7,14-15,18H2,(H,30,31)/t24-/m1/s1. The van der Waals surface area contributed by atoms with E-state index >= 15 is 0 Å². The van der Waals surface area contributed by atoms with Crippen LogP contribution in [-0.2, 0) is 6.61 Å². The Kier molecular flexibility index (Phi) is 5.83. The molecule has 9 nitrogen and oxygen atoms in total. The number of H-pyrrole nitrogens is 1. The monoisotopic (exact) mass is 489 g/mol. The average molecular weight is 490 g/mol. The lowest BCUT2D eigenvalue weighted by Gasteiger charge is -2.23. The van der Waals surface area contributed by atoms with E-state index in [0.717, 1.165) is 35.4 Å². The Labute approximate surface area is 213 Å². The van der Waals surface area contributed by atoms with E-state index in [4.69, 9.17) is 9.72 Å². The fourth-order valence-electron chi connectivity index (χ4n) is 4.75. The van der Waals surface area contributed by atoms with E-state index in [2.05, 4.69) is 21.3 Å². The molecule has 2 aromatic heterocycles. The molecule has 1 saturated heterocycles. The molecule has 6 rings (SSSR count). The molecule has 1 amide bonds. The number of ether oxygens (including phenoxy) is 1. The van der Waals surface area contributed by atoms with Gasteiger partial charge in [0.1, 0.15) is 18.2 Å². The van der Waals surface area contributed by atoms with Crippen LogP contribution in [0.1, 0.15) is 46.7 Å². The van der Waals surface area contributed by atoms with Crippen LogP contribution < -0.4 is 4.74 Å². The minimum atomic E-state index is -0.211. The van der Waals surface area contributed by atoms with Gasteiger partial charge in [-0.05, 0) is 55.3 Å². The number of para-hydroxylation sites is 3. The van der Waals surface area contributed by atoms with E-state index in [9.17, 15) is 10.1 Å². The van der Waals surface area contributed by atoms with Gasteiger partial charge < -0.3 is 14.6 Å². The Balaban J connectivity index is 1.33. The number of benzene rings is 3. The van der Waals surface area contributed by atoms with Crippen molar-refractivity contribution in [2.45, 2.75) is 25.5 Å². The number of aromatic amines is 1. The lowest BCUT2D eigenvalue weighted by molar-refractivity contribution is 0.0715. The first-order valence-corrected chi connectivity index (χ1v) is 12.1. The predicted molar refractivity (Wildman–Crippen MR) is 136 cm³/mol. The first-order valence-electron chi connectivity index (χ1n) is 12.1. The average Bonchev–Trinajstić information content (AvgIpc) is 3.70.